The van der Waals surface area contributed by atoms with E-state index >= 15 is 0 Å². The summed E-state index contributed by atoms with van der Waals surface area (Å²) in [6, 6.07) is 23.1. The van der Waals surface area contributed by atoms with E-state index < -0.39 is 0 Å². The van der Waals surface area contributed by atoms with E-state index in [-0.39, 0.29) is 11.8 Å². The molecule has 4 rings (SSSR count). The van der Waals surface area contributed by atoms with Crippen LogP contribution in [0.1, 0.15) is 23.7 Å². The molecule has 2 amide bonds. The molecular weight excluding hydrogens is 422 g/mol. The van der Waals surface area contributed by atoms with Crippen LogP contribution in [0.3, 0.4) is 0 Å². The number of halogens is 1. The summed E-state index contributed by atoms with van der Waals surface area (Å²) in [5, 5.41) is 3.60. The van der Waals surface area contributed by atoms with Gasteiger partial charge in [0.1, 0.15) is 0 Å². The van der Waals surface area contributed by atoms with Crippen LogP contribution in [0.2, 0.25) is 5.02 Å². The maximum absolute atomic E-state index is 13.0. The molecule has 32 heavy (non-hydrogen) atoms. The number of hydrogen-bond donors (Lipinski definition) is 1. The highest BCUT2D eigenvalue weighted by Crippen LogP contribution is 2.35. The summed E-state index contributed by atoms with van der Waals surface area (Å²) in [5.74, 6) is -0.0239. The van der Waals surface area contributed by atoms with Crippen molar-refractivity contribution >= 4 is 34.8 Å². The predicted octanol–water partition coefficient (Wildman–Crippen LogP) is 5.32. The zero-order valence-electron chi connectivity index (χ0n) is 18.1. The Hall–Kier alpha value is -3.31. The molecule has 5 nitrogen and oxygen atoms in total. The number of rotatable bonds is 5. The molecule has 0 bridgehead atoms. The molecule has 1 heterocycles. The van der Waals surface area contributed by atoms with Gasteiger partial charge >= 0.3 is 0 Å². The number of benzene rings is 3. The fraction of sp³-hybridized carbons (Fsp3) is 0.231. The molecular formula is C26H26ClN3O2. The third-order valence-electron chi connectivity index (χ3n) is 5.74. The van der Waals surface area contributed by atoms with Crippen molar-refractivity contribution in [3.05, 3.63) is 83.4 Å². The van der Waals surface area contributed by atoms with Crippen molar-refractivity contribution in [3.63, 3.8) is 0 Å². The van der Waals surface area contributed by atoms with Crippen molar-refractivity contribution < 1.29 is 9.59 Å². The molecule has 0 atom stereocenters. The van der Waals surface area contributed by atoms with E-state index in [1.165, 1.54) is 0 Å². The normalized spacial score (nSPS) is 13.7. The number of nitrogens with one attached hydrogen (secondary N) is 1. The second-order valence-corrected chi connectivity index (χ2v) is 8.16. The average molecular weight is 448 g/mol. The van der Waals surface area contributed by atoms with Gasteiger partial charge in [-0.2, -0.15) is 0 Å². The van der Waals surface area contributed by atoms with Gasteiger partial charge in [0, 0.05) is 38.2 Å². The highest BCUT2D eigenvalue weighted by molar-refractivity contribution is 6.34. The van der Waals surface area contributed by atoms with Crippen molar-refractivity contribution in [1.82, 2.24) is 4.90 Å². The number of carbonyl (C=O) groups is 2. The molecule has 1 saturated heterocycles. The van der Waals surface area contributed by atoms with Gasteiger partial charge in [0.15, 0.2) is 0 Å². The predicted molar refractivity (Wildman–Crippen MR) is 130 cm³/mol. The van der Waals surface area contributed by atoms with E-state index in [4.69, 9.17) is 11.6 Å². The van der Waals surface area contributed by atoms with Crippen LogP contribution in [-0.2, 0) is 4.79 Å². The van der Waals surface area contributed by atoms with Gasteiger partial charge in [-0.3, -0.25) is 9.59 Å². The molecule has 0 saturated carbocycles. The van der Waals surface area contributed by atoms with Crippen LogP contribution in [0, 0.1) is 0 Å². The third-order valence-corrected chi connectivity index (χ3v) is 6.05. The van der Waals surface area contributed by atoms with Crippen LogP contribution in [0.5, 0.6) is 0 Å². The molecule has 0 radical (unpaired) electrons. The highest BCUT2D eigenvalue weighted by Gasteiger charge is 2.24. The molecule has 0 aliphatic carbocycles. The molecule has 0 spiro atoms. The molecule has 1 aliphatic rings. The monoisotopic (exact) mass is 447 g/mol. The maximum atomic E-state index is 13.0. The van der Waals surface area contributed by atoms with Crippen LogP contribution in [0.25, 0.3) is 11.1 Å². The first-order valence-corrected chi connectivity index (χ1v) is 11.2. The van der Waals surface area contributed by atoms with Gasteiger partial charge in [-0.1, -0.05) is 67.1 Å². The van der Waals surface area contributed by atoms with Crippen LogP contribution < -0.4 is 10.2 Å². The largest absolute Gasteiger partial charge is 0.365 e. The minimum absolute atomic E-state index is 0.163. The molecule has 3 aromatic carbocycles. The van der Waals surface area contributed by atoms with Crippen LogP contribution in [-0.4, -0.2) is 42.9 Å². The van der Waals surface area contributed by atoms with Gasteiger partial charge < -0.3 is 15.1 Å². The molecule has 1 N–H and O–H groups in total. The van der Waals surface area contributed by atoms with E-state index in [0.717, 1.165) is 16.8 Å². The van der Waals surface area contributed by atoms with Gasteiger partial charge in [0.05, 0.1) is 16.4 Å². The second-order valence-electron chi connectivity index (χ2n) is 7.75. The zero-order chi connectivity index (χ0) is 22.5. The maximum Gasteiger partial charge on any atom is 0.255 e. The minimum atomic E-state index is -0.187. The Labute approximate surface area is 193 Å². The van der Waals surface area contributed by atoms with Crippen LogP contribution >= 0.6 is 11.6 Å². The first-order chi connectivity index (χ1) is 15.6. The Balaban J connectivity index is 1.50. The van der Waals surface area contributed by atoms with E-state index in [0.29, 0.717) is 48.9 Å². The fourth-order valence-electron chi connectivity index (χ4n) is 3.98. The van der Waals surface area contributed by atoms with Crippen molar-refractivity contribution in [2.24, 2.45) is 0 Å². The molecule has 3 aromatic rings. The Kier molecular flexibility index (Phi) is 6.76. The number of anilines is 2. The van der Waals surface area contributed by atoms with Crippen molar-refractivity contribution in [2.75, 3.05) is 36.4 Å². The summed E-state index contributed by atoms with van der Waals surface area (Å²) in [6.07, 6.45) is 0.510. The smallest absolute Gasteiger partial charge is 0.255 e. The lowest BCUT2D eigenvalue weighted by Crippen LogP contribution is -2.48. The van der Waals surface area contributed by atoms with Crippen LogP contribution in [0.4, 0.5) is 11.4 Å². The summed E-state index contributed by atoms with van der Waals surface area (Å²) < 4.78 is 0. The van der Waals surface area contributed by atoms with E-state index in [9.17, 15) is 9.59 Å². The van der Waals surface area contributed by atoms with Gasteiger partial charge in [0.2, 0.25) is 5.91 Å². The minimum Gasteiger partial charge on any atom is -0.365 e. The van der Waals surface area contributed by atoms with E-state index in [1.54, 1.807) is 0 Å². The van der Waals surface area contributed by atoms with Gasteiger partial charge in [0.25, 0.3) is 5.91 Å². The number of carbonyl (C=O) groups excluding carboxylic acids is 2. The molecule has 164 valence electrons. The lowest BCUT2D eigenvalue weighted by atomic mass is 10.0. The number of nitrogens with zero attached hydrogens (tertiary/aromatic N) is 2. The van der Waals surface area contributed by atoms with Gasteiger partial charge in [-0.15, -0.1) is 0 Å². The van der Waals surface area contributed by atoms with Crippen molar-refractivity contribution in [2.45, 2.75) is 13.3 Å². The quantitative estimate of drug-likeness (QED) is 0.576. The average Bonchev–Trinajstić information content (AvgIpc) is 2.84. The van der Waals surface area contributed by atoms with Crippen molar-refractivity contribution in [1.29, 1.82) is 0 Å². The lowest BCUT2D eigenvalue weighted by molar-refractivity contribution is -0.131. The van der Waals surface area contributed by atoms with Crippen LogP contribution in [0.15, 0.2) is 72.8 Å². The second kappa shape index (κ2) is 9.88. The Morgan fingerprint density at radius 2 is 1.50 bits per heavy atom. The summed E-state index contributed by atoms with van der Waals surface area (Å²) in [5.41, 5.74) is 4.22. The molecule has 1 fully saturated rings. The van der Waals surface area contributed by atoms with E-state index in [1.807, 2.05) is 84.6 Å². The summed E-state index contributed by atoms with van der Waals surface area (Å²) in [7, 11) is 0. The molecule has 1 aliphatic heterocycles. The Morgan fingerprint density at radius 1 is 0.844 bits per heavy atom. The zero-order valence-corrected chi connectivity index (χ0v) is 18.8. The third kappa shape index (κ3) is 4.78. The standard InChI is InChI=1S/C26H26ClN3O2/c1-2-24(31)29-15-17-30(18-16-29)25-22(27)9-6-10-23(25)28-26(32)21-13-11-20(12-14-21)19-7-4-3-5-8-19/h3-14H,2,15-18H2,1H3,(H,28,32). The molecule has 6 heteroatoms. The molecule has 0 aromatic heterocycles. The summed E-state index contributed by atoms with van der Waals surface area (Å²) in [4.78, 5) is 29.0. The van der Waals surface area contributed by atoms with Gasteiger partial charge in [-0.25, -0.2) is 0 Å². The number of hydrogen-bond acceptors (Lipinski definition) is 3. The SMILES string of the molecule is CCC(=O)N1CCN(c2c(Cl)cccc2NC(=O)c2ccc(-c3ccccc3)cc2)CC1. The Morgan fingerprint density at radius 3 is 2.16 bits per heavy atom. The summed E-state index contributed by atoms with van der Waals surface area (Å²) in [6.45, 7) is 4.51. The first kappa shape index (κ1) is 21.9. The van der Waals surface area contributed by atoms with E-state index in [2.05, 4.69) is 10.2 Å². The highest BCUT2D eigenvalue weighted by atomic mass is 35.5. The number of piperazine rings is 1. The topological polar surface area (TPSA) is 52.7 Å². The summed E-state index contributed by atoms with van der Waals surface area (Å²) >= 11 is 6.53. The number of para-hydroxylation sites is 1. The van der Waals surface area contributed by atoms with Gasteiger partial charge in [-0.05, 0) is 35.4 Å². The fourth-order valence-corrected chi connectivity index (χ4v) is 4.27. The van der Waals surface area contributed by atoms with Crippen molar-refractivity contribution in [3.8, 4) is 11.1 Å². The number of amides is 2. The Bertz CT molecular complexity index is 1090. The lowest BCUT2D eigenvalue weighted by Gasteiger charge is -2.37. The first-order valence-electron chi connectivity index (χ1n) is 10.8. The molecule has 0 unspecified atom stereocenters.